The van der Waals surface area contributed by atoms with Crippen LogP contribution >= 0.6 is 0 Å². The zero-order valence-corrected chi connectivity index (χ0v) is 13.2. The first-order valence-corrected chi connectivity index (χ1v) is 7.99. The van der Waals surface area contributed by atoms with Gasteiger partial charge in [-0.05, 0) is 38.0 Å². The zero-order valence-electron chi connectivity index (χ0n) is 13.2. The molecule has 0 amide bonds. The van der Waals surface area contributed by atoms with Crippen molar-refractivity contribution in [3.63, 3.8) is 0 Å². The lowest BCUT2D eigenvalue weighted by Crippen LogP contribution is -2.25. The van der Waals surface area contributed by atoms with Crippen LogP contribution in [0, 0.1) is 18.8 Å². The molecule has 0 saturated heterocycles. The van der Waals surface area contributed by atoms with Crippen molar-refractivity contribution in [2.45, 2.75) is 59.4 Å². The summed E-state index contributed by atoms with van der Waals surface area (Å²) in [4.78, 5) is 8.96. The molecular weight excluding hydrogens is 248 g/mol. The highest BCUT2D eigenvalue weighted by Gasteiger charge is 2.31. The smallest absolute Gasteiger partial charge is 0.224 e. The molecule has 0 aromatic carbocycles. The summed E-state index contributed by atoms with van der Waals surface area (Å²) in [5, 5.41) is 6.90. The highest BCUT2D eigenvalue weighted by atomic mass is 15.1. The third kappa shape index (κ3) is 3.41. The van der Waals surface area contributed by atoms with Crippen molar-refractivity contribution in [3.05, 3.63) is 11.8 Å². The van der Waals surface area contributed by atoms with Gasteiger partial charge in [0.05, 0.1) is 0 Å². The van der Waals surface area contributed by atoms with Crippen molar-refractivity contribution in [2.75, 3.05) is 17.2 Å². The van der Waals surface area contributed by atoms with Gasteiger partial charge in [0.25, 0.3) is 0 Å². The van der Waals surface area contributed by atoms with Crippen LogP contribution in [-0.4, -0.2) is 22.6 Å². The van der Waals surface area contributed by atoms with E-state index in [4.69, 9.17) is 0 Å². The Morgan fingerprint density at radius 1 is 1.30 bits per heavy atom. The molecule has 112 valence electrons. The minimum absolute atomic E-state index is 0.549. The maximum Gasteiger partial charge on any atom is 0.224 e. The van der Waals surface area contributed by atoms with Crippen molar-refractivity contribution >= 4 is 11.8 Å². The van der Waals surface area contributed by atoms with Gasteiger partial charge in [-0.2, -0.15) is 4.98 Å². The Bertz CT molecular complexity index is 432. The van der Waals surface area contributed by atoms with Crippen LogP contribution in [0.15, 0.2) is 6.20 Å². The van der Waals surface area contributed by atoms with Crippen LogP contribution in [0.5, 0.6) is 0 Å². The van der Waals surface area contributed by atoms with Crippen molar-refractivity contribution in [2.24, 2.45) is 11.8 Å². The van der Waals surface area contributed by atoms with E-state index in [9.17, 15) is 0 Å². The topological polar surface area (TPSA) is 49.8 Å². The Hall–Kier alpha value is -1.32. The number of hydrogen-bond acceptors (Lipinski definition) is 4. The fraction of sp³-hybridized carbons (Fsp3) is 0.750. The second kappa shape index (κ2) is 6.91. The molecule has 2 N–H and O–H groups in total. The lowest BCUT2D eigenvalue weighted by Gasteiger charge is -2.22. The number of hydrogen-bond donors (Lipinski definition) is 2. The van der Waals surface area contributed by atoms with E-state index in [1.807, 2.05) is 6.20 Å². The lowest BCUT2D eigenvalue weighted by atomic mass is 9.93. The highest BCUT2D eigenvalue weighted by molar-refractivity contribution is 5.47. The highest BCUT2D eigenvalue weighted by Crippen LogP contribution is 2.35. The number of nitrogens with zero attached hydrogens (tertiary/aromatic N) is 2. The summed E-state index contributed by atoms with van der Waals surface area (Å²) in [7, 11) is 0. The predicted octanol–water partition coefficient (Wildman–Crippen LogP) is 3.84. The maximum atomic E-state index is 4.63. The second-order valence-corrected chi connectivity index (χ2v) is 6.01. The van der Waals surface area contributed by atoms with E-state index < -0.39 is 0 Å². The fourth-order valence-electron chi connectivity index (χ4n) is 3.11. The molecule has 20 heavy (non-hydrogen) atoms. The van der Waals surface area contributed by atoms with E-state index in [1.54, 1.807) is 0 Å². The molecule has 4 nitrogen and oxygen atoms in total. The Balaban J connectivity index is 2.05. The summed E-state index contributed by atoms with van der Waals surface area (Å²) in [6.45, 7) is 9.80. The summed E-state index contributed by atoms with van der Waals surface area (Å²) < 4.78 is 0. The van der Waals surface area contributed by atoms with Crippen LogP contribution in [0.3, 0.4) is 0 Å². The molecule has 1 saturated carbocycles. The Kier molecular flexibility index (Phi) is 5.21. The van der Waals surface area contributed by atoms with Crippen LogP contribution in [0.4, 0.5) is 11.8 Å². The van der Waals surface area contributed by atoms with Crippen molar-refractivity contribution in [3.8, 4) is 0 Å². The number of rotatable bonds is 6. The molecule has 0 spiro atoms. The van der Waals surface area contributed by atoms with Crippen LogP contribution in [0.25, 0.3) is 0 Å². The van der Waals surface area contributed by atoms with Gasteiger partial charge >= 0.3 is 0 Å². The Labute approximate surface area is 122 Å². The first-order chi connectivity index (χ1) is 9.65. The van der Waals surface area contributed by atoms with E-state index >= 15 is 0 Å². The minimum atomic E-state index is 0.549. The molecule has 1 aromatic heterocycles. The average Bonchev–Trinajstić information content (AvgIpc) is 2.80. The summed E-state index contributed by atoms with van der Waals surface area (Å²) in [6, 6.07) is 0.549. The number of aromatic nitrogens is 2. The maximum absolute atomic E-state index is 4.63. The van der Waals surface area contributed by atoms with Gasteiger partial charge in [-0.25, -0.2) is 4.98 Å². The lowest BCUT2D eigenvalue weighted by molar-refractivity contribution is 0.391. The van der Waals surface area contributed by atoms with Gasteiger partial charge in [-0.1, -0.05) is 27.2 Å². The Morgan fingerprint density at radius 3 is 2.75 bits per heavy atom. The van der Waals surface area contributed by atoms with Crippen LogP contribution in [0.1, 0.15) is 52.0 Å². The van der Waals surface area contributed by atoms with E-state index in [-0.39, 0.29) is 0 Å². The zero-order chi connectivity index (χ0) is 14.5. The first-order valence-electron chi connectivity index (χ1n) is 7.99. The van der Waals surface area contributed by atoms with Crippen LogP contribution in [-0.2, 0) is 0 Å². The van der Waals surface area contributed by atoms with Gasteiger partial charge in [0.1, 0.15) is 5.82 Å². The third-order valence-electron chi connectivity index (χ3n) is 4.58. The minimum Gasteiger partial charge on any atom is -0.367 e. The molecule has 1 aromatic rings. The number of anilines is 2. The molecule has 2 rings (SSSR count). The van der Waals surface area contributed by atoms with Gasteiger partial charge in [0.15, 0.2) is 0 Å². The molecule has 3 unspecified atom stereocenters. The molecule has 0 aliphatic heterocycles. The van der Waals surface area contributed by atoms with Gasteiger partial charge in [-0.3, -0.25) is 0 Å². The number of nitrogens with one attached hydrogen (secondary N) is 2. The summed E-state index contributed by atoms with van der Waals surface area (Å²) in [5.41, 5.74) is 1.12. The summed E-state index contributed by atoms with van der Waals surface area (Å²) in [6.07, 6.45) is 6.86. The molecule has 0 bridgehead atoms. The third-order valence-corrected chi connectivity index (χ3v) is 4.58. The molecule has 0 radical (unpaired) electrons. The molecule has 3 atom stereocenters. The Morgan fingerprint density at radius 2 is 2.10 bits per heavy atom. The summed E-state index contributed by atoms with van der Waals surface area (Å²) >= 11 is 0. The predicted molar refractivity (Wildman–Crippen MR) is 85.1 cm³/mol. The largest absolute Gasteiger partial charge is 0.367 e. The first kappa shape index (κ1) is 15.1. The number of aryl methyl sites for hydroxylation is 1. The quantitative estimate of drug-likeness (QED) is 0.828. The molecule has 1 aliphatic carbocycles. The van der Waals surface area contributed by atoms with E-state index in [0.717, 1.165) is 42.1 Å². The molecule has 4 heteroatoms. The second-order valence-electron chi connectivity index (χ2n) is 6.01. The molecular formula is C16H28N4. The SMILES string of the molecule is CCCNc1ncc(C)c(NC2CCC(CC)C2C)n1. The van der Waals surface area contributed by atoms with Crippen molar-refractivity contribution < 1.29 is 0 Å². The van der Waals surface area contributed by atoms with Crippen molar-refractivity contribution in [1.82, 2.24) is 9.97 Å². The van der Waals surface area contributed by atoms with E-state index in [1.165, 1.54) is 19.3 Å². The molecule has 1 fully saturated rings. The fourth-order valence-corrected chi connectivity index (χ4v) is 3.11. The van der Waals surface area contributed by atoms with E-state index in [0.29, 0.717) is 6.04 Å². The monoisotopic (exact) mass is 276 g/mol. The standard InChI is InChI=1S/C16H28N4/c1-5-9-17-16-18-10-11(3)15(20-16)19-14-8-7-13(6-2)12(14)4/h10,12-14H,5-9H2,1-4H3,(H2,17,18,19,20). The van der Waals surface area contributed by atoms with Crippen LogP contribution in [0.2, 0.25) is 0 Å². The van der Waals surface area contributed by atoms with Gasteiger partial charge in [-0.15, -0.1) is 0 Å². The van der Waals surface area contributed by atoms with Crippen LogP contribution < -0.4 is 10.6 Å². The molecule has 1 aliphatic rings. The van der Waals surface area contributed by atoms with E-state index in [2.05, 4.69) is 48.3 Å². The molecule has 1 heterocycles. The van der Waals surface area contributed by atoms with Gasteiger partial charge < -0.3 is 10.6 Å². The van der Waals surface area contributed by atoms with Gasteiger partial charge in [0, 0.05) is 24.3 Å². The van der Waals surface area contributed by atoms with Gasteiger partial charge in [0.2, 0.25) is 5.95 Å². The normalized spacial score (nSPS) is 25.7. The van der Waals surface area contributed by atoms with Crippen molar-refractivity contribution in [1.29, 1.82) is 0 Å². The summed E-state index contributed by atoms with van der Waals surface area (Å²) in [5.74, 6) is 3.30. The average molecular weight is 276 g/mol.